The van der Waals surface area contributed by atoms with Gasteiger partial charge in [-0.25, -0.2) is 4.52 Å². The fourth-order valence-electron chi connectivity index (χ4n) is 1.33. The van der Waals surface area contributed by atoms with Crippen molar-refractivity contribution in [3.8, 4) is 0 Å². The maximum absolute atomic E-state index is 10.8. The van der Waals surface area contributed by atoms with Crippen molar-refractivity contribution in [1.29, 1.82) is 0 Å². The highest BCUT2D eigenvalue weighted by atomic mass is 16.4. The Morgan fingerprint density at radius 1 is 1.57 bits per heavy atom. The van der Waals surface area contributed by atoms with E-state index >= 15 is 0 Å². The van der Waals surface area contributed by atoms with Crippen LogP contribution < -0.4 is 0 Å². The van der Waals surface area contributed by atoms with Gasteiger partial charge in [-0.15, -0.1) is 5.10 Å². The third kappa shape index (κ3) is 1.22. The molecule has 0 aromatic carbocycles. The van der Waals surface area contributed by atoms with Gasteiger partial charge in [-0.3, -0.25) is 4.79 Å². The predicted molar refractivity (Wildman–Crippen MR) is 49.0 cm³/mol. The van der Waals surface area contributed by atoms with Crippen LogP contribution in [-0.2, 0) is 4.79 Å². The van der Waals surface area contributed by atoms with Crippen LogP contribution in [0, 0.1) is 0 Å². The van der Waals surface area contributed by atoms with Gasteiger partial charge in [-0.1, -0.05) is 11.3 Å². The number of aromatic nitrogens is 3. The molecule has 2 aromatic rings. The standard InChI is InChI=1S/C9H9N3O2/c1-6(9(13)14)8-4-2-3-7-5-10-11-12(7)8/h2-6H,1H3,(H,13,14). The van der Waals surface area contributed by atoms with Crippen LogP contribution in [0.15, 0.2) is 24.4 Å². The van der Waals surface area contributed by atoms with Crippen molar-refractivity contribution < 1.29 is 9.90 Å². The number of rotatable bonds is 2. The zero-order valence-electron chi connectivity index (χ0n) is 7.58. The van der Waals surface area contributed by atoms with E-state index in [-0.39, 0.29) is 0 Å². The normalized spacial score (nSPS) is 12.9. The van der Waals surface area contributed by atoms with Gasteiger partial charge in [0, 0.05) is 0 Å². The molecule has 5 heteroatoms. The largest absolute Gasteiger partial charge is 0.481 e. The van der Waals surface area contributed by atoms with E-state index in [2.05, 4.69) is 10.3 Å². The van der Waals surface area contributed by atoms with Crippen molar-refractivity contribution in [2.24, 2.45) is 0 Å². The van der Waals surface area contributed by atoms with E-state index in [1.165, 1.54) is 0 Å². The lowest BCUT2D eigenvalue weighted by Gasteiger charge is -2.07. The Kier molecular flexibility index (Phi) is 1.92. The molecule has 14 heavy (non-hydrogen) atoms. The molecular formula is C9H9N3O2. The van der Waals surface area contributed by atoms with Gasteiger partial charge in [0.2, 0.25) is 0 Å². The number of nitrogens with zero attached hydrogens (tertiary/aromatic N) is 3. The third-order valence-corrected chi connectivity index (χ3v) is 2.17. The summed E-state index contributed by atoms with van der Waals surface area (Å²) in [4.78, 5) is 10.8. The molecule has 5 nitrogen and oxygen atoms in total. The zero-order chi connectivity index (χ0) is 10.1. The minimum absolute atomic E-state index is 0.583. The summed E-state index contributed by atoms with van der Waals surface area (Å²) in [6, 6.07) is 5.37. The van der Waals surface area contributed by atoms with Gasteiger partial charge in [0.15, 0.2) is 0 Å². The first-order chi connectivity index (χ1) is 6.70. The Labute approximate surface area is 80.0 Å². The fraction of sp³-hybridized carbons (Fsp3) is 0.222. The van der Waals surface area contributed by atoms with Gasteiger partial charge in [0.1, 0.15) is 0 Å². The lowest BCUT2D eigenvalue weighted by molar-refractivity contribution is -0.138. The van der Waals surface area contributed by atoms with E-state index in [4.69, 9.17) is 5.11 Å². The quantitative estimate of drug-likeness (QED) is 0.766. The molecule has 0 radical (unpaired) electrons. The maximum atomic E-state index is 10.8. The Balaban J connectivity index is 2.61. The number of carboxylic acid groups (broad SMARTS) is 1. The number of carbonyl (C=O) groups is 1. The highest BCUT2D eigenvalue weighted by Gasteiger charge is 2.16. The van der Waals surface area contributed by atoms with Crippen molar-refractivity contribution in [1.82, 2.24) is 14.8 Å². The Hall–Kier alpha value is -1.91. The SMILES string of the molecule is CC(C(=O)O)c1cccc2cnnn12. The molecule has 0 saturated carbocycles. The zero-order valence-corrected chi connectivity index (χ0v) is 7.58. The molecular weight excluding hydrogens is 182 g/mol. The molecule has 1 atom stereocenters. The molecule has 0 fully saturated rings. The molecule has 0 bridgehead atoms. The van der Waals surface area contributed by atoms with Crippen molar-refractivity contribution in [2.45, 2.75) is 12.8 Å². The molecule has 0 aliphatic carbocycles. The molecule has 1 N–H and O–H groups in total. The average Bonchev–Trinajstić information content (AvgIpc) is 2.63. The van der Waals surface area contributed by atoms with Gasteiger partial charge in [-0.2, -0.15) is 0 Å². The number of fused-ring (bicyclic) bond motifs is 1. The number of hydrogen-bond acceptors (Lipinski definition) is 3. The average molecular weight is 191 g/mol. The third-order valence-electron chi connectivity index (χ3n) is 2.17. The summed E-state index contributed by atoms with van der Waals surface area (Å²) in [6.07, 6.45) is 1.60. The molecule has 2 heterocycles. The highest BCUT2D eigenvalue weighted by Crippen LogP contribution is 2.15. The van der Waals surface area contributed by atoms with E-state index < -0.39 is 11.9 Å². The van der Waals surface area contributed by atoms with Crippen LogP contribution in [-0.4, -0.2) is 25.9 Å². The number of pyridine rings is 1. The Morgan fingerprint density at radius 3 is 3.07 bits per heavy atom. The molecule has 1 unspecified atom stereocenters. The maximum Gasteiger partial charge on any atom is 0.312 e. The summed E-state index contributed by atoms with van der Waals surface area (Å²) in [6.45, 7) is 1.62. The van der Waals surface area contributed by atoms with Gasteiger partial charge in [0.25, 0.3) is 0 Å². The Bertz CT molecular complexity index is 478. The van der Waals surface area contributed by atoms with Crippen molar-refractivity contribution in [3.63, 3.8) is 0 Å². The lowest BCUT2D eigenvalue weighted by Crippen LogP contribution is -2.12. The van der Waals surface area contributed by atoms with Gasteiger partial charge < -0.3 is 5.11 Å². The van der Waals surface area contributed by atoms with E-state index in [0.717, 1.165) is 5.52 Å². The van der Waals surface area contributed by atoms with Gasteiger partial charge >= 0.3 is 5.97 Å². The van der Waals surface area contributed by atoms with Crippen molar-refractivity contribution in [2.75, 3.05) is 0 Å². The molecule has 0 aliphatic heterocycles. The number of carboxylic acids is 1. The van der Waals surface area contributed by atoms with Crippen molar-refractivity contribution in [3.05, 3.63) is 30.1 Å². The van der Waals surface area contributed by atoms with Crippen LogP contribution in [0.25, 0.3) is 5.52 Å². The van der Waals surface area contributed by atoms with Gasteiger partial charge in [-0.05, 0) is 19.1 Å². The van der Waals surface area contributed by atoms with Crippen LogP contribution in [0.3, 0.4) is 0 Å². The second kappa shape index (κ2) is 3.10. The van der Waals surface area contributed by atoms with E-state index in [1.807, 2.05) is 6.07 Å². The summed E-state index contributed by atoms with van der Waals surface area (Å²) in [5.41, 5.74) is 1.43. The number of aliphatic carboxylic acids is 1. The van der Waals surface area contributed by atoms with E-state index in [0.29, 0.717) is 5.69 Å². The van der Waals surface area contributed by atoms with E-state index in [9.17, 15) is 4.79 Å². The summed E-state index contributed by atoms with van der Waals surface area (Å²) in [5, 5.41) is 16.4. The predicted octanol–water partition coefficient (Wildman–Crippen LogP) is 0.917. The molecule has 2 aromatic heterocycles. The minimum Gasteiger partial charge on any atom is -0.481 e. The molecule has 2 rings (SSSR count). The van der Waals surface area contributed by atoms with Crippen LogP contribution >= 0.6 is 0 Å². The first-order valence-corrected chi connectivity index (χ1v) is 4.22. The number of hydrogen-bond donors (Lipinski definition) is 1. The molecule has 72 valence electrons. The molecule has 0 spiro atoms. The lowest BCUT2D eigenvalue weighted by atomic mass is 10.1. The minimum atomic E-state index is -0.868. The molecule has 0 saturated heterocycles. The van der Waals surface area contributed by atoms with Crippen LogP contribution in [0.5, 0.6) is 0 Å². The van der Waals surface area contributed by atoms with E-state index in [1.54, 1.807) is 29.8 Å². The highest BCUT2D eigenvalue weighted by molar-refractivity contribution is 5.75. The van der Waals surface area contributed by atoms with Crippen LogP contribution in [0.2, 0.25) is 0 Å². The monoisotopic (exact) mass is 191 g/mol. The van der Waals surface area contributed by atoms with Gasteiger partial charge in [0.05, 0.1) is 23.3 Å². The summed E-state index contributed by atoms with van der Waals surface area (Å²) in [5.74, 6) is -1.45. The summed E-state index contributed by atoms with van der Waals surface area (Å²) in [7, 11) is 0. The van der Waals surface area contributed by atoms with Crippen LogP contribution in [0.1, 0.15) is 18.5 Å². The molecule has 0 aliphatic rings. The first-order valence-electron chi connectivity index (χ1n) is 4.22. The molecule has 0 amide bonds. The topological polar surface area (TPSA) is 67.5 Å². The summed E-state index contributed by atoms with van der Waals surface area (Å²) < 4.78 is 1.54. The van der Waals surface area contributed by atoms with Crippen LogP contribution in [0.4, 0.5) is 0 Å². The Morgan fingerprint density at radius 2 is 2.36 bits per heavy atom. The summed E-state index contributed by atoms with van der Waals surface area (Å²) >= 11 is 0. The second-order valence-corrected chi connectivity index (χ2v) is 3.08. The first kappa shape index (κ1) is 8.68. The fourth-order valence-corrected chi connectivity index (χ4v) is 1.33. The van der Waals surface area contributed by atoms with Crippen molar-refractivity contribution >= 4 is 11.5 Å². The smallest absolute Gasteiger partial charge is 0.312 e. The second-order valence-electron chi connectivity index (χ2n) is 3.08.